The van der Waals surface area contributed by atoms with E-state index in [9.17, 15) is 9.59 Å². The predicted molar refractivity (Wildman–Crippen MR) is 105 cm³/mol. The number of hydrogen-bond donors (Lipinski definition) is 2. The first-order valence-electron chi connectivity index (χ1n) is 8.75. The van der Waals surface area contributed by atoms with Gasteiger partial charge in [0.25, 0.3) is 11.8 Å². The molecule has 144 valence electrons. The largest absolute Gasteiger partial charge is 0.495 e. The summed E-state index contributed by atoms with van der Waals surface area (Å²) in [5.41, 5.74) is 2.11. The van der Waals surface area contributed by atoms with Gasteiger partial charge in [0.05, 0.1) is 12.8 Å². The summed E-state index contributed by atoms with van der Waals surface area (Å²) >= 11 is 0. The van der Waals surface area contributed by atoms with Crippen LogP contribution in [0.25, 0.3) is 0 Å². The van der Waals surface area contributed by atoms with E-state index in [1.165, 1.54) is 12.3 Å². The molecule has 0 aliphatic rings. The van der Waals surface area contributed by atoms with E-state index < -0.39 is 5.91 Å². The summed E-state index contributed by atoms with van der Waals surface area (Å²) in [4.78, 5) is 30.9. The van der Waals surface area contributed by atoms with Crippen molar-refractivity contribution < 1.29 is 14.3 Å². The second-order valence-electron chi connectivity index (χ2n) is 6.50. The fourth-order valence-electron chi connectivity index (χ4n) is 2.50. The smallest absolute Gasteiger partial charge is 0.274 e. The van der Waals surface area contributed by atoms with Crippen LogP contribution in [-0.4, -0.2) is 56.0 Å². The molecule has 7 nitrogen and oxygen atoms in total. The summed E-state index contributed by atoms with van der Waals surface area (Å²) in [6.07, 6.45) is 2.31. The highest BCUT2D eigenvalue weighted by atomic mass is 16.5. The highest BCUT2D eigenvalue weighted by Crippen LogP contribution is 2.25. The van der Waals surface area contributed by atoms with Gasteiger partial charge in [-0.15, -0.1) is 0 Å². The van der Waals surface area contributed by atoms with Crippen LogP contribution >= 0.6 is 0 Å². The lowest BCUT2D eigenvalue weighted by Crippen LogP contribution is -2.27. The van der Waals surface area contributed by atoms with Crippen LogP contribution in [0.5, 0.6) is 5.75 Å². The minimum absolute atomic E-state index is 0.166. The summed E-state index contributed by atoms with van der Waals surface area (Å²) in [5, 5.41) is 5.64. The number of carbonyl (C=O) groups is 2. The molecule has 0 fully saturated rings. The first kappa shape index (κ1) is 20.4. The zero-order valence-corrected chi connectivity index (χ0v) is 16.2. The van der Waals surface area contributed by atoms with Crippen molar-refractivity contribution in [2.45, 2.75) is 13.3 Å². The molecule has 0 aliphatic carbocycles. The van der Waals surface area contributed by atoms with Gasteiger partial charge in [0.2, 0.25) is 0 Å². The normalized spacial score (nSPS) is 10.6. The van der Waals surface area contributed by atoms with Gasteiger partial charge in [0.15, 0.2) is 0 Å². The second kappa shape index (κ2) is 9.68. The summed E-state index contributed by atoms with van der Waals surface area (Å²) < 4.78 is 5.27. The number of benzene rings is 1. The van der Waals surface area contributed by atoms with Crippen LogP contribution in [0, 0.1) is 6.92 Å². The molecular formula is C20H26N4O3. The molecule has 2 amide bonds. The molecule has 1 aromatic carbocycles. The minimum Gasteiger partial charge on any atom is -0.495 e. The molecule has 1 heterocycles. The quantitative estimate of drug-likeness (QED) is 0.697. The van der Waals surface area contributed by atoms with Crippen molar-refractivity contribution in [1.82, 2.24) is 15.2 Å². The van der Waals surface area contributed by atoms with E-state index in [2.05, 4.69) is 20.5 Å². The number of anilines is 1. The number of hydrogen-bond acceptors (Lipinski definition) is 5. The fourth-order valence-corrected chi connectivity index (χ4v) is 2.50. The lowest BCUT2D eigenvalue weighted by molar-refractivity contribution is 0.0952. The van der Waals surface area contributed by atoms with E-state index in [0.717, 1.165) is 18.5 Å². The molecular weight excluding hydrogens is 344 g/mol. The number of ether oxygens (including phenoxy) is 1. The Morgan fingerprint density at radius 3 is 2.63 bits per heavy atom. The summed E-state index contributed by atoms with van der Waals surface area (Å²) in [5.74, 6) is -0.0664. The van der Waals surface area contributed by atoms with Crippen LogP contribution in [0.3, 0.4) is 0 Å². The third-order valence-corrected chi connectivity index (χ3v) is 3.93. The second-order valence-corrected chi connectivity index (χ2v) is 6.50. The lowest BCUT2D eigenvalue weighted by atomic mass is 10.2. The molecule has 0 saturated carbocycles. The van der Waals surface area contributed by atoms with Crippen molar-refractivity contribution in [3.63, 3.8) is 0 Å². The van der Waals surface area contributed by atoms with E-state index in [1.807, 2.05) is 33.2 Å². The van der Waals surface area contributed by atoms with E-state index in [-0.39, 0.29) is 11.6 Å². The molecule has 2 aromatic rings. The average molecular weight is 370 g/mol. The maximum atomic E-state index is 12.5. The van der Waals surface area contributed by atoms with Crippen molar-refractivity contribution in [2.24, 2.45) is 0 Å². The molecule has 0 saturated heterocycles. The Kier molecular flexibility index (Phi) is 7.31. The van der Waals surface area contributed by atoms with E-state index in [0.29, 0.717) is 23.5 Å². The molecule has 7 heteroatoms. The zero-order chi connectivity index (χ0) is 19.8. The van der Waals surface area contributed by atoms with Crippen molar-refractivity contribution in [3.05, 3.63) is 53.3 Å². The van der Waals surface area contributed by atoms with Crippen molar-refractivity contribution in [1.29, 1.82) is 0 Å². The fraction of sp³-hybridized carbons (Fsp3) is 0.350. The number of nitrogens with zero attached hydrogens (tertiary/aromatic N) is 2. The van der Waals surface area contributed by atoms with Crippen LogP contribution in [-0.2, 0) is 0 Å². The zero-order valence-electron chi connectivity index (χ0n) is 16.2. The van der Waals surface area contributed by atoms with Crippen LogP contribution in [0.2, 0.25) is 0 Å². The van der Waals surface area contributed by atoms with Crippen LogP contribution in [0.1, 0.15) is 32.8 Å². The number of methoxy groups -OCH3 is 1. The Labute approximate surface area is 159 Å². The predicted octanol–water partition coefficient (Wildman–Crippen LogP) is 2.33. The van der Waals surface area contributed by atoms with Gasteiger partial charge in [0, 0.05) is 18.3 Å². The number of rotatable bonds is 8. The third kappa shape index (κ3) is 6.07. The maximum Gasteiger partial charge on any atom is 0.274 e. The molecule has 2 N–H and O–H groups in total. The Balaban J connectivity index is 2.05. The molecule has 27 heavy (non-hydrogen) atoms. The first-order valence-corrected chi connectivity index (χ1v) is 8.75. The maximum absolute atomic E-state index is 12.5. The molecule has 2 rings (SSSR count). The SMILES string of the molecule is COc1ccc(C)cc1NC(=O)c1cc(C(=O)NCCCN(C)C)ccn1. The molecule has 0 aliphatic heterocycles. The monoisotopic (exact) mass is 370 g/mol. The number of aromatic nitrogens is 1. The van der Waals surface area contributed by atoms with Gasteiger partial charge in [-0.05, 0) is 63.8 Å². The first-order chi connectivity index (χ1) is 12.9. The summed E-state index contributed by atoms with van der Waals surface area (Å²) in [6, 6.07) is 8.58. The van der Waals surface area contributed by atoms with Gasteiger partial charge in [-0.2, -0.15) is 0 Å². The average Bonchev–Trinajstić information content (AvgIpc) is 2.65. The Morgan fingerprint density at radius 2 is 1.93 bits per heavy atom. The summed E-state index contributed by atoms with van der Waals surface area (Å²) in [6.45, 7) is 3.39. The van der Waals surface area contributed by atoms with Gasteiger partial charge >= 0.3 is 0 Å². The van der Waals surface area contributed by atoms with Gasteiger partial charge in [-0.3, -0.25) is 14.6 Å². The molecule has 0 bridgehead atoms. The van der Waals surface area contributed by atoms with Gasteiger partial charge in [0.1, 0.15) is 11.4 Å². The number of aryl methyl sites for hydroxylation is 1. The Hall–Kier alpha value is -2.93. The number of amides is 2. The molecule has 0 radical (unpaired) electrons. The number of carbonyl (C=O) groups excluding carboxylic acids is 2. The Bertz CT molecular complexity index is 806. The van der Waals surface area contributed by atoms with Crippen LogP contribution in [0.15, 0.2) is 36.5 Å². The van der Waals surface area contributed by atoms with Crippen LogP contribution in [0.4, 0.5) is 5.69 Å². The van der Waals surface area contributed by atoms with Gasteiger partial charge < -0.3 is 20.3 Å². The number of nitrogens with one attached hydrogen (secondary N) is 2. The van der Waals surface area contributed by atoms with Crippen molar-refractivity contribution in [2.75, 3.05) is 39.6 Å². The minimum atomic E-state index is -0.402. The van der Waals surface area contributed by atoms with E-state index >= 15 is 0 Å². The van der Waals surface area contributed by atoms with Crippen molar-refractivity contribution >= 4 is 17.5 Å². The molecule has 0 spiro atoms. The van der Waals surface area contributed by atoms with E-state index in [4.69, 9.17) is 4.74 Å². The highest BCUT2D eigenvalue weighted by Gasteiger charge is 2.14. The standard InChI is InChI=1S/C20H26N4O3/c1-14-6-7-18(27-4)16(12-14)23-20(26)17-13-15(8-10-21-17)19(25)22-9-5-11-24(2)3/h6-8,10,12-13H,5,9,11H2,1-4H3,(H,22,25)(H,23,26). The molecule has 0 atom stereocenters. The Morgan fingerprint density at radius 1 is 1.15 bits per heavy atom. The number of pyridine rings is 1. The van der Waals surface area contributed by atoms with Crippen LogP contribution < -0.4 is 15.4 Å². The lowest BCUT2D eigenvalue weighted by Gasteiger charge is -2.12. The summed E-state index contributed by atoms with van der Waals surface area (Å²) in [7, 11) is 5.51. The van der Waals surface area contributed by atoms with Gasteiger partial charge in [-0.25, -0.2) is 0 Å². The van der Waals surface area contributed by atoms with Gasteiger partial charge in [-0.1, -0.05) is 6.07 Å². The highest BCUT2D eigenvalue weighted by molar-refractivity contribution is 6.05. The van der Waals surface area contributed by atoms with Crippen molar-refractivity contribution in [3.8, 4) is 5.75 Å². The topological polar surface area (TPSA) is 83.6 Å². The molecule has 1 aromatic heterocycles. The third-order valence-electron chi connectivity index (χ3n) is 3.93. The van der Waals surface area contributed by atoms with E-state index in [1.54, 1.807) is 19.2 Å². The molecule has 0 unspecified atom stereocenters.